The number of nitrogens with one attached hydrogen (secondary N) is 3. The number of rotatable bonds is 4. The molecule has 0 saturated carbocycles. The monoisotopic (exact) mass is 509 g/mol. The van der Waals surface area contributed by atoms with Crippen LogP contribution in [0.25, 0.3) is 16.5 Å². The maximum absolute atomic E-state index is 14.1. The smallest absolute Gasteiger partial charge is 0.329 e. The van der Waals surface area contributed by atoms with Crippen LogP contribution >= 0.6 is 11.6 Å². The van der Waals surface area contributed by atoms with Crippen molar-refractivity contribution in [1.29, 1.82) is 4.78 Å². The molecule has 0 radical (unpaired) electrons. The van der Waals surface area contributed by atoms with Crippen molar-refractivity contribution in [2.75, 3.05) is 11.6 Å². The van der Waals surface area contributed by atoms with Crippen LogP contribution < -0.4 is 10.9 Å². The van der Waals surface area contributed by atoms with Gasteiger partial charge in [-0.05, 0) is 36.4 Å². The number of fused-ring (bicyclic) bond motifs is 1. The fraction of sp³-hybridized carbons (Fsp3) is 0.0952. The molecule has 0 aliphatic rings. The second-order valence-electron chi connectivity index (χ2n) is 7.30. The summed E-state index contributed by atoms with van der Waals surface area (Å²) in [6, 6.07) is 9.40. The second-order valence-corrected chi connectivity index (χ2v) is 9.84. The molecule has 34 heavy (non-hydrogen) atoms. The minimum atomic E-state index is -4.97. The zero-order chi connectivity index (χ0) is 24.8. The van der Waals surface area contributed by atoms with E-state index in [1.54, 1.807) is 0 Å². The summed E-state index contributed by atoms with van der Waals surface area (Å²) in [6.07, 6.45) is -1.72. The summed E-state index contributed by atoms with van der Waals surface area (Å²) in [5.41, 5.74) is -2.56. The molecule has 0 spiro atoms. The van der Waals surface area contributed by atoms with E-state index in [9.17, 15) is 27.0 Å². The summed E-state index contributed by atoms with van der Waals surface area (Å²) in [5.74, 6) is -1.11. The van der Waals surface area contributed by atoms with Gasteiger partial charge in [0.1, 0.15) is 0 Å². The number of aromatic nitrogens is 3. The third kappa shape index (κ3) is 4.29. The third-order valence-corrected chi connectivity index (χ3v) is 6.53. The Morgan fingerprint density at radius 2 is 1.94 bits per heavy atom. The highest BCUT2D eigenvalue weighted by Crippen LogP contribution is 2.35. The number of pyridine rings is 1. The first-order valence-electron chi connectivity index (χ1n) is 9.48. The van der Waals surface area contributed by atoms with E-state index >= 15 is 0 Å². The van der Waals surface area contributed by atoms with Crippen molar-refractivity contribution in [2.45, 2.75) is 11.1 Å². The van der Waals surface area contributed by atoms with E-state index in [1.807, 2.05) is 0 Å². The number of amides is 1. The van der Waals surface area contributed by atoms with Gasteiger partial charge in [-0.25, -0.2) is 13.7 Å². The van der Waals surface area contributed by atoms with Crippen molar-refractivity contribution in [3.63, 3.8) is 0 Å². The van der Waals surface area contributed by atoms with Gasteiger partial charge in [-0.1, -0.05) is 17.7 Å². The molecule has 0 saturated heterocycles. The van der Waals surface area contributed by atoms with Gasteiger partial charge in [-0.2, -0.15) is 18.3 Å². The summed E-state index contributed by atoms with van der Waals surface area (Å²) < 4.78 is 62.3. The van der Waals surface area contributed by atoms with Crippen molar-refractivity contribution >= 4 is 43.7 Å². The zero-order valence-electron chi connectivity index (χ0n) is 17.2. The number of H-pyrrole nitrogens is 1. The molecule has 13 heteroatoms. The second kappa shape index (κ2) is 8.29. The van der Waals surface area contributed by atoms with Crippen LogP contribution in [0.5, 0.6) is 0 Å². The Balaban J connectivity index is 1.80. The maximum Gasteiger partial charge on any atom is 0.434 e. The van der Waals surface area contributed by atoms with Gasteiger partial charge in [0, 0.05) is 28.9 Å². The molecule has 4 aromatic rings. The number of carbonyl (C=O) groups excluding carboxylic acids is 1. The molecular formula is C21H15ClF3N5O3S. The Hall–Kier alpha value is -3.64. The van der Waals surface area contributed by atoms with Gasteiger partial charge < -0.3 is 10.3 Å². The fourth-order valence-corrected chi connectivity index (χ4v) is 4.83. The lowest BCUT2D eigenvalue weighted by Crippen LogP contribution is -2.21. The Morgan fingerprint density at radius 1 is 1.21 bits per heavy atom. The molecular weight excluding hydrogens is 495 g/mol. The summed E-state index contributed by atoms with van der Waals surface area (Å²) in [4.78, 5) is 27.3. The SMILES string of the molecule is CS(=N)(=O)c1ccc(NC(=O)c2cnn(-c3cccc4c(=O)[nH]ccc34)c2C(F)(F)F)cc1Cl. The highest BCUT2D eigenvalue weighted by Gasteiger charge is 2.41. The first kappa shape index (κ1) is 23.5. The molecule has 2 heterocycles. The lowest BCUT2D eigenvalue weighted by atomic mass is 10.1. The van der Waals surface area contributed by atoms with Gasteiger partial charge in [0.2, 0.25) is 0 Å². The topological polar surface area (TPSA) is 121 Å². The number of anilines is 1. The van der Waals surface area contributed by atoms with E-state index in [0.717, 1.165) is 12.5 Å². The number of benzene rings is 2. The maximum atomic E-state index is 14.1. The largest absolute Gasteiger partial charge is 0.434 e. The van der Waals surface area contributed by atoms with E-state index in [2.05, 4.69) is 15.4 Å². The number of carbonyl (C=O) groups is 1. The molecule has 2 aromatic heterocycles. The average Bonchev–Trinajstić information content (AvgIpc) is 3.18. The summed E-state index contributed by atoms with van der Waals surface area (Å²) in [6.45, 7) is 0. The van der Waals surface area contributed by atoms with Gasteiger partial charge in [0.25, 0.3) is 11.5 Å². The summed E-state index contributed by atoms with van der Waals surface area (Å²) in [7, 11) is -3.14. The van der Waals surface area contributed by atoms with E-state index in [-0.39, 0.29) is 32.1 Å². The van der Waals surface area contributed by atoms with E-state index < -0.39 is 38.6 Å². The molecule has 0 aliphatic heterocycles. The first-order valence-corrected chi connectivity index (χ1v) is 11.8. The molecule has 2 aromatic carbocycles. The normalized spacial score (nSPS) is 13.6. The van der Waals surface area contributed by atoms with Gasteiger partial charge in [0.15, 0.2) is 5.69 Å². The van der Waals surface area contributed by atoms with Gasteiger partial charge in [0.05, 0.1) is 37.1 Å². The van der Waals surface area contributed by atoms with Gasteiger partial charge in [-0.3, -0.25) is 9.59 Å². The molecule has 0 aliphatic carbocycles. The van der Waals surface area contributed by atoms with Crippen molar-refractivity contribution in [3.05, 3.63) is 81.5 Å². The lowest BCUT2D eigenvalue weighted by molar-refractivity contribution is -0.143. The standard InChI is InChI=1S/C21H15ClF3N5O3S/c1-34(26,33)17-6-5-11(9-15(17)22)29-20(32)14-10-28-30(18(14)21(23,24)25)16-4-2-3-13-12(16)7-8-27-19(13)31/h2-10,26H,1H3,(H,27,31)(H,29,32). The highest BCUT2D eigenvalue weighted by atomic mass is 35.5. The van der Waals surface area contributed by atoms with E-state index in [0.29, 0.717) is 4.68 Å². The van der Waals surface area contributed by atoms with Crippen molar-refractivity contribution < 1.29 is 22.2 Å². The van der Waals surface area contributed by atoms with Crippen molar-refractivity contribution in [3.8, 4) is 5.69 Å². The van der Waals surface area contributed by atoms with Gasteiger partial charge in [-0.15, -0.1) is 0 Å². The lowest BCUT2D eigenvalue weighted by Gasteiger charge is -2.14. The van der Waals surface area contributed by atoms with Crippen LogP contribution in [0, 0.1) is 4.78 Å². The molecule has 176 valence electrons. The Labute approximate surface area is 195 Å². The quantitative estimate of drug-likeness (QED) is 0.370. The molecule has 0 fully saturated rings. The Bertz CT molecular complexity index is 1610. The number of alkyl halides is 3. The van der Waals surface area contributed by atoms with Gasteiger partial charge >= 0.3 is 6.18 Å². The molecule has 4 rings (SSSR count). The minimum absolute atomic E-state index is 0.0295. The third-order valence-electron chi connectivity index (χ3n) is 4.91. The van der Waals surface area contributed by atoms with Crippen LogP contribution in [0.1, 0.15) is 16.1 Å². The predicted molar refractivity (Wildman–Crippen MR) is 121 cm³/mol. The number of aromatic amines is 1. The van der Waals surface area contributed by atoms with Crippen molar-refractivity contribution in [1.82, 2.24) is 14.8 Å². The zero-order valence-corrected chi connectivity index (χ0v) is 18.8. The molecule has 1 unspecified atom stereocenters. The number of hydrogen-bond donors (Lipinski definition) is 3. The van der Waals surface area contributed by atoms with Crippen LogP contribution in [-0.2, 0) is 15.9 Å². The van der Waals surface area contributed by atoms with E-state index in [1.165, 1.54) is 48.7 Å². The molecule has 1 atom stereocenters. The summed E-state index contributed by atoms with van der Waals surface area (Å²) >= 11 is 6.02. The predicted octanol–water partition coefficient (Wildman–Crippen LogP) is 4.67. The van der Waals surface area contributed by atoms with Crippen LogP contribution in [0.2, 0.25) is 5.02 Å². The van der Waals surface area contributed by atoms with Crippen LogP contribution in [0.3, 0.4) is 0 Å². The highest BCUT2D eigenvalue weighted by molar-refractivity contribution is 7.91. The summed E-state index contributed by atoms with van der Waals surface area (Å²) in [5, 5.41) is 6.41. The molecule has 1 amide bonds. The van der Waals surface area contributed by atoms with Crippen LogP contribution in [-0.4, -0.2) is 31.1 Å². The molecule has 0 bridgehead atoms. The number of hydrogen-bond acceptors (Lipinski definition) is 5. The van der Waals surface area contributed by atoms with Crippen molar-refractivity contribution in [2.24, 2.45) is 0 Å². The fourth-order valence-electron chi connectivity index (χ4n) is 3.45. The average molecular weight is 510 g/mol. The molecule has 3 N–H and O–H groups in total. The Kier molecular flexibility index (Phi) is 5.74. The Morgan fingerprint density at radius 3 is 2.59 bits per heavy atom. The molecule has 8 nitrogen and oxygen atoms in total. The number of halogens is 4. The van der Waals surface area contributed by atoms with E-state index in [4.69, 9.17) is 16.4 Å². The van der Waals surface area contributed by atoms with Crippen LogP contribution in [0.4, 0.5) is 18.9 Å². The number of nitrogens with zero attached hydrogens (tertiary/aromatic N) is 2. The minimum Gasteiger partial charge on any atom is -0.329 e. The van der Waals surface area contributed by atoms with Crippen LogP contribution in [0.15, 0.2) is 64.5 Å². The first-order chi connectivity index (χ1) is 15.9.